The second-order valence-corrected chi connectivity index (χ2v) is 4.69. The molecule has 0 radical (unpaired) electrons. The Balaban J connectivity index is 1.69. The first-order valence-corrected chi connectivity index (χ1v) is 6.12. The maximum Gasteiger partial charge on any atom is 0.213 e. The summed E-state index contributed by atoms with van der Waals surface area (Å²) in [6.07, 6.45) is 1.36. The third-order valence-electron chi connectivity index (χ3n) is 2.61. The van der Waals surface area contributed by atoms with Crippen molar-refractivity contribution in [3.05, 3.63) is 42.0 Å². The van der Waals surface area contributed by atoms with Crippen molar-refractivity contribution in [1.29, 1.82) is 0 Å². The maximum absolute atomic E-state index is 4.69. The molecule has 82 valence electrons. The molecule has 1 aliphatic rings. The number of hydrogen-bond donors (Lipinski definition) is 1. The van der Waals surface area contributed by atoms with E-state index in [1.165, 1.54) is 16.9 Å². The number of aromatic nitrogens is 2. The van der Waals surface area contributed by atoms with E-state index in [2.05, 4.69) is 39.7 Å². The van der Waals surface area contributed by atoms with E-state index in [0.717, 1.165) is 5.75 Å². The molecule has 0 amide bonds. The van der Waals surface area contributed by atoms with Gasteiger partial charge in [0.25, 0.3) is 0 Å². The highest BCUT2D eigenvalue weighted by Crippen LogP contribution is 2.37. The summed E-state index contributed by atoms with van der Waals surface area (Å²) in [6, 6.07) is 8.88. The minimum Gasteiger partial charge on any atom is -0.343 e. The molecule has 16 heavy (non-hydrogen) atoms. The van der Waals surface area contributed by atoms with Crippen LogP contribution in [0.25, 0.3) is 0 Å². The van der Waals surface area contributed by atoms with Crippen LogP contribution in [0.4, 0.5) is 0 Å². The summed E-state index contributed by atoms with van der Waals surface area (Å²) >= 11 is 1.89. The topological polar surface area (TPSA) is 51.0 Å². The number of rotatable bonds is 3. The Morgan fingerprint density at radius 2 is 2.38 bits per heavy atom. The second-order valence-electron chi connectivity index (χ2n) is 3.63. The van der Waals surface area contributed by atoms with Crippen molar-refractivity contribution in [3.63, 3.8) is 0 Å². The Kier molecular flexibility index (Phi) is 2.63. The number of thioether (sulfide) groups is 1. The summed E-state index contributed by atoms with van der Waals surface area (Å²) in [5, 5.41) is 7.21. The molecular weight excluding hydrogens is 222 g/mol. The Morgan fingerprint density at radius 3 is 3.25 bits per heavy atom. The molecular formula is C11H11N3OS. The summed E-state index contributed by atoms with van der Waals surface area (Å²) < 4.78 is 4.69. The van der Waals surface area contributed by atoms with E-state index < -0.39 is 0 Å². The molecule has 4 nitrogen and oxygen atoms in total. The molecule has 1 aromatic carbocycles. The Bertz CT molecular complexity index is 472. The first-order valence-electron chi connectivity index (χ1n) is 5.14. The zero-order valence-electron chi connectivity index (χ0n) is 8.59. The molecule has 1 aromatic heterocycles. The summed E-state index contributed by atoms with van der Waals surface area (Å²) in [7, 11) is 0. The lowest BCUT2D eigenvalue weighted by atomic mass is 10.1. The Labute approximate surface area is 97.4 Å². The van der Waals surface area contributed by atoms with Gasteiger partial charge >= 0.3 is 0 Å². The minimum absolute atomic E-state index is 0.389. The second kappa shape index (κ2) is 4.27. The number of benzene rings is 1. The van der Waals surface area contributed by atoms with Crippen molar-refractivity contribution < 1.29 is 4.52 Å². The lowest BCUT2D eigenvalue weighted by Crippen LogP contribution is -2.21. The summed E-state index contributed by atoms with van der Waals surface area (Å²) in [4.78, 5) is 5.35. The normalized spacial score (nSPS) is 18.6. The summed E-state index contributed by atoms with van der Waals surface area (Å²) in [6.45, 7) is 0.649. The van der Waals surface area contributed by atoms with Gasteiger partial charge < -0.3 is 9.84 Å². The van der Waals surface area contributed by atoms with Gasteiger partial charge in [-0.15, -0.1) is 11.8 Å². The van der Waals surface area contributed by atoms with Crippen molar-refractivity contribution in [3.8, 4) is 0 Å². The fraction of sp³-hybridized carbons (Fsp3) is 0.273. The average Bonchev–Trinajstić information content (AvgIpc) is 2.96. The summed E-state index contributed by atoms with van der Waals surface area (Å²) in [5.74, 6) is 1.77. The van der Waals surface area contributed by atoms with Gasteiger partial charge in [0, 0.05) is 16.7 Å². The third kappa shape index (κ3) is 1.83. The molecule has 0 aliphatic carbocycles. The van der Waals surface area contributed by atoms with Crippen LogP contribution in [0, 0.1) is 0 Å². The van der Waals surface area contributed by atoms with E-state index >= 15 is 0 Å². The predicted molar refractivity (Wildman–Crippen MR) is 61.0 cm³/mol. The van der Waals surface area contributed by atoms with Crippen LogP contribution in [0.5, 0.6) is 0 Å². The summed E-state index contributed by atoms with van der Waals surface area (Å²) in [5.41, 5.74) is 1.37. The van der Waals surface area contributed by atoms with Crippen molar-refractivity contribution in [2.75, 3.05) is 5.75 Å². The molecule has 0 bridgehead atoms. The van der Waals surface area contributed by atoms with Crippen LogP contribution >= 0.6 is 11.8 Å². The van der Waals surface area contributed by atoms with Gasteiger partial charge in [0.2, 0.25) is 6.39 Å². The molecule has 5 heteroatoms. The first kappa shape index (κ1) is 9.86. The van der Waals surface area contributed by atoms with Gasteiger partial charge in [-0.3, -0.25) is 0 Å². The van der Waals surface area contributed by atoms with Gasteiger partial charge in [-0.25, -0.2) is 0 Å². The van der Waals surface area contributed by atoms with E-state index in [1.54, 1.807) is 0 Å². The van der Waals surface area contributed by atoms with Crippen molar-refractivity contribution in [2.24, 2.45) is 0 Å². The van der Waals surface area contributed by atoms with Gasteiger partial charge in [-0.05, 0) is 11.6 Å². The standard InChI is InChI=1S/C11H11N3OS/c1-2-4-10-8(3-1)9(6-16-10)12-5-11-13-7-15-14-11/h1-4,7,9,12H,5-6H2. The van der Waals surface area contributed by atoms with Crippen molar-refractivity contribution >= 4 is 11.8 Å². The van der Waals surface area contributed by atoms with Gasteiger partial charge in [-0.2, -0.15) is 4.98 Å². The van der Waals surface area contributed by atoms with Crippen LogP contribution in [0.2, 0.25) is 0 Å². The van der Waals surface area contributed by atoms with E-state index in [4.69, 9.17) is 4.52 Å². The Morgan fingerprint density at radius 1 is 1.44 bits per heavy atom. The number of fused-ring (bicyclic) bond motifs is 1. The number of hydrogen-bond acceptors (Lipinski definition) is 5. The van der Waals surface area contributed by atoms with Crippen LogP contribution in [0.1, 0.15) is 17.4 Å². The van der Waals surface area contributed by atoms with Crippen LogP contribution in [-0.2, 0) is 6.54 Å². The minimum atomic E-state index is 0.389. The lowest BCUT2D eigenvalue weighted by molar-refractivity contribution is 0.405. The molecule has 2 heterocycles. The molecule has 3 rings (SSSR count). The first-order chi connectivity index (χ1) is 7.93. The molecule has 1 aliphatic heterocycles. The van der Waals surface area contributed by atoms with Gasteiger partial charge in [0.1, 0.15) is 0 Å². The van der Waals surface area contributed by atoms with Gasteiger partial charge in [0.15, 0.2) is 5.82 Å². The molecule has 0 saturated heterocycles. The van der Waals surface area contributed by atoms with Crippen LogP contribution in [0.15, 0.2) is 40.1 Å². The van der Waals surface area contributed by atoms with Crippen LogP contribution in [0.3, 0.4) is 0 Å². The van der Waals surface area contributed by atoms with Crippen molar-refractivity contribution in [1.82, 2.24) is 15.5 Å². The number of nitrogens with one attached hydrogen (secondary N) is 1. The number of nitrogens with zero attached hydrogens (tertiary/aromatic N) is 2. The van der Waals surface area contributed by atoms with E-state index in [-0.39, 0.29) is 0 Å². The predicted octanol–water partition coefficient (Wildman–Crippen LogP) is 2.01. The SMILES string of the molecule is c1ccc2c(c1)SCC2NCc1ncon1. The molecule has 2 aromatic rings. The fourth-order valence-electron chi connectivity index (χ4n) is 1.82. The van der Waals surface area contributed by atoms with Crippen LogP contribution < -0.4 is 5.32 Å². The Hall–Kier alpha value is -1.33. The van der Waals surface area contributed by atoms with Crippen LogP contribution in [-0.4, -0.2) is 15.9 Å². The largest absolute Gasteiger partial charge is 0.343 e. The molecule has 1 N–H and O–H groups in total. The lowest BCUT2D eigenvalue weighted by Gasteiger charge is -2.10. The van der Waals surface area contributed by atoms with E-state index in [0.29, 0.717) is 18.4 Å². The average molecular weight is 233 g/mol. The highest BCUT2D eigenvalue weighted by Gasteiger charge is 2.22. The monoisotopic (exact) mass is 233 g/mol. The fourth-order valence-corrected chi connectivity index (χ4v) is 3.01. The van der Waals surface area contributed by atoms with Gasteiger partial charge in [-0.1, -0.05) is 23.4 Å². The molecule has 0 fully saturated rings. The van der Waals surface area contributed by atoms with Crippen molar-refractivity contribution in [2.45, 2.75) is 17.5 Å². The van der Waals surface area contributed by atoms with E-state index in [9.17, 15) is 0 Å². The maximum atomic E-state index is 4.69. The highest BCUT2D eigenvalue weighted by molar-refractivity contribution is 7.99. The third-order valence-corrected chi connectivity index (χ3v) is 3.80. The zero-order valence-corrected chi connectivity index (χ0v) is 9.41. The quantitative estimate of drug-likeness (QED) is 0.878. The molecule has 0 spiro atoms. The highest BCUT2D eigenvalue weighted by atomic mass is 32.2. The molecule has 0 saturated carbocycles. The van der Waals surface area contributed by atoms with E-state index in [1.807, 2.05) is 11.8 Å². The van der Waals surface area contributed by atoms with Gasteiger partial charge in [0.05, 0.1) is 6.54 Å². The zero-order chi connectivity index (χ0) is 10.8. The molecule has 1 atom stereocenters. The molecule has 1 unspecified atom stereocenters. The smallest absolute Gasteiger partial charge is 0.213 e.